The number of rotatable bonds is 7. The minimum absolute atomic E-state index is 0.182. The van der Waals surface area contributed by atoms with Crippen LogP contribution in [0.3, 0.4) is 0 Å². The number of ether oxygens (including phenoxy) is 2. The van der Waals surface area contributed by atoms with Crippen LogP contribution in [-0.4, -0.2) is 31.7 Å². The van der Waals surface area contributed by atoms with Crippen LogP contribution in [0, 0.1) is 0 Å². The smallest absolute Gasteiger partial charge is 0.262 e. The van der Waals surface area contributed by atoms with Crippen molar-refractivity contribution >= 4 is 49.8 Å². The molecule has 5 aromatic rings. The van der Waals surface area contributed by atoms with Crippen molar-refractivity contribution in [2.45, 2.75) is 5.92 Å². The number of aromatic amines is 1. The zero-order chi connectivity index (χ0) is 23.7. The molecule has 0 aliphatic rings. The van der Waals surface area contributed by atoms with Crippen molar-refractivity contribution in [3.8, 4) is 11.5 Å². The first-order valence-corrected chi connectivity index (χ1v) is 12.0. The Morgan fingerprint density at radius 2 is 1.74 bits per heavy atom. The monoisotopic (exact) mass is 490 g/mol. The fraction of sp³-hybridized carbons (Fsp3) is 0.148. The van der Waals surface area contributed by atoms with Gasteiger partial charge in [0.05, 0.1) is 19.2 Å². The zero-order valence-corrected chi connectivity index (χ0v) is 20.3. The maximum Gasteiger partial charge on any atom is 0.262 e. The van der Waals surface area contributed by atoms with Crippen LogP contribution in [0.4, 0.5) is 0 Å². The van der Waals surface area contributed by atoms with E-state index in [1.807, 2.05) is 66.9 Å². The molecule has 0 fully saturated rings. The van der Waals surface area contributed by atoms with Gasteiger partial charge in [0.25, 0.3) is 5.91 Å². The molecule has 0 aliphatic carbocycles. The highest BCUT2D eigenvalue weighted by Crippen LogP contribution is 2.40. The lowest BCUT2D eigenvalue weighted by atomic mass is 9.89. The Labute approximate surface area is 206 Å². The van der Waals surface area contributed by atoms with E-state index in [0.717, 1.165) is 32.1 Å². The highest BCUT2D eigenvalue weighted by molar-refractivity contribution is 7.21. The largest absolute Gasteiger partial charge is 0.493 e. The number of methoxy groups -OCH3 is 2. The number of aromatic nitrogens is 1. The Bertz CT molecular complexity index is 1490. The van der Waals surface area contributed by atoms with E-state index in [2.05, 4.69) is 16.4 Å². The summed E-state index contributed by atoms with van der Waals surface area (Å²) in [5, 5.41) is 5.58. The first-order chi connectivity index (χ1) is 16.6. The van der Waals surface area contributed by atoms with Gasteiger partial charge in [-0.05, 0) is 23.8 Å². The molecule has 0 radical (unpaired) electrons. The van der Waals surface area contributed by atoms with Gasteiger partial charge in [0.2, 0.25) is 0 Å². The molecule has 2 N–H and O–H groups in total. The summed E-state index contributed by atoms with van der Waals surface area (Å²) in [6, 6.07) is 21.7. The number of benzene rings is 3. The molecule has 2 heterocycles. The zero-order valence-electron chi connectivity index (χ0n) is 18.7. The van der Waals surface area contributed by atoms with E-state index in [1.54, 1.807) is 14.2 Å². The predicted molar refractivity (Wildman–Crippen MR) is 139 cm³/mol. The first-order valence-electron chi connectivity index (χ1n) is 10.8. The molecular weight excluding hydrogens is 468 g/mol. The molecule has 1 amide bonds. The van der Waals surface area contributed by atoms with Crippen molar-refractivity contribution in [1.82, 2.24) is 10.3 Å². The number of halogens is 1. The van der Waals surface area contributed by atoms with Crippen LogP contribution in [0.25, 0.3) is 21.0 Å². The summed E-state index contributed by atoms with van der Waals surface area (Å²) in [4.78, 5) is 17.1. The number of hydrogen-bond acceptors (Lipinski definition) is 4. The Balaban J connectivity index is 1.54. The first kappa shape index (κ1) is 22.3. The number of carbonyl (C=O) groups is 1. The van der Waals surface area contributed by atoms with Crippen molar-refractivity contribution in [1.29, 1.82) is 0 Å². The van der Waals surface area contributed by atoms with Gasteiger partial charge in [-0.1, -0.05) is 60.1 Å². The third kappa shape index (κ3) is 3.89. The maximum atomic E-state index is 13.2. The van der Waals surface area contributed by atoms with E-state index >= 15 is 0 Å². The van der Waals surface area contributed by atoms with Gasteiger partial charge in [0, 0.05) is 45.2 Å². The standard InChI is InChI=1S/C27H23ClN2O3S/c1-32-22-12-7-10-17(25(22)33-2)20(19-14-29-21-11-5-3-8-16(19)21)15-30-27(31)26-24(28)18-9-4-6-13-23(18)34-26/h3-14,20,29H,15H2,1-2H3,(H,30,31). The lowest BCUT2D eigenvalue weighted by Crippen LogP contribution is -2.28. The van der Waals surface area contributed by atoms with Gasteiger partial charge >= 0.3 is 0 Å². The number of fused-ring (bicyclic) bond motifs is 2. The van der Waals surface area contributed by atoms with Gasteiger partial charge in [-0.25, -0.2) is 0 Å². The maximum absolute atomic E-state index is 13.2. The molecule has 3 aromatic carbocycles. The van der Waals surface area contributed by atoms with Crippen molar-refractivity contribution in [2.75, 3.05) is 20.8 Å². The second-order valence-corrected chi connectivity index (χ2v) is 9.31. The summed E-state index contributed by atoms with van der Waals surface area (Å²) in [5.41, 5.74) is 3.02. The predicted octanol–water partition coefficient (Wildman–Crippen LogP) is 6.62. The highest BCUT2D eigenvalue weighted by Gasteiger charge is 2.25. The summed E-state index contributed by atoms with van der Waals surface area (Å²) < 4.78 is 12.3. The van der Waals surface area contributed by atoms with Gasteiger partial charge in [-0.3, -0.25) is 4.79 Å². The number of carbonyl (C=O) groups excluding carboxylic acids is 1. The van der Waals surface area contributed by atoms with E-state index in [-0.39, 0.29) is 11.8 Å². The molecular formula is C27H23ClN2O3S. The Morgan fingerprint density at radius 3 is 2.50 bits per heavy atom. The lowest BCUT2D eigenvalue weighted by Gasteiger charge is -2.22. The minimum Gasteiger partial charge on any atom is -0.493 e. The SMILES string of the molecule is COc1cccc(C(CNC(=O)c2sc3ccccc3c2Cl)c2c[nH]c3ccccc23)c1OC. The Morgan fingerprint density at radius 1 is 0.971 bits per heavy atom. The molecule has 5 rings (SSSR count). The normalized spacial score (nSPS) is 12.1. The third-order valence-corrected chi connectivity index (χ3v) is 7.69. The molecule has 0 aliphatic heterocycles. The van der Waals surface area contributed by atoms with E-state index in [4.69, 9.17) is 21.1 Å². The van der Waals surface area contributed by atoms with Gasteiger partial charge in [0.1, 0.15) is 4.88 Å². The molecule has 7 heteroatoms. The van der Waals surface area contributed by atoms with Crippen LogP contribution in [0.2, 0.25) is 5.02 Å². The fourth-order valence-corrected chi connectivity index (χ4v) is 5.82. The van der Waals surface area contributed by atoms with E-state index in [1.165, 1.54) is 11.3 Å². The van der Waals surface area contributed by atoms with Crippen molar-refractivity contribution in [3.05, 3.63) is 94.0 Å². The summed E-state index contributed by atoms with van der Waals surface area (Å²) >= 11 is 7.96. The van der Waals surface area contributed by atoms with E-state index in [0.29, 0.717) is 27.9 Å². The Hall–Kier alpha value is -3.48. The number of para-hydroxylation sites is 2. The molecule has 0 spiro atoms. The summed E-state index contributed by atoms with van der Waals surface area (Å²) in [6.45, 7) is 0.356. The summed E-state index contributed by atoms with van der Waals surface area (Å²) in [5.74, 6) is 0.911. The lowest BCUT2D eigenvalue weighted by molar-refractivity contribution is 0.0956. The van der Waals surface area contributed by atoms with E-state index in [9.17, 15) is 4.79 Å². The quantitative estimate of drug-likeness (QED) is 0.269. The number of hydrogen-bond donors (Lipinski definition) is 2. The van der Waals surface area contributed by atoms with Gasteiger partial charge < -0.3 is 19.8 Å². The van der Waals surface area contributed by atoms with Crippen LogP contribution in [0.1, 0.15) is 26.7 Å². The second-order valence-electron chi connectivity index (χ2n) is 7.88. The van der Waals surface area contributed by atoms with Gasteiger partial charge in [0.15, 0.2) is 11.5 Å². The fourth-order valence-electron chi connectivity index (χ4n) is 4.39. The van der Waals surface area contributed by atoms with Crippen LogP contribution in [-0.2, 0) is 0 Å². The number of nitrogens with one attached hydrogen (secondary N) is 2. The van der Waals surface area contributed by atoms with Crippen molar-refractivity contribution < 1.29 is 14.3 Å². The second kappa shape index (κ2) is 9.41. The van der Waals surface area contributed by atoms with Crippen LogP contribution in [0.5, 0.6) is 11.5 Å². The molecule has 1 unspecified atom stereocenters. The van der Waals surface area contributed by atoms with Crippen LogP contribution in [0.15, 0.2) is 72.9 Å². The third-order valence-electron chi connectivity index (χ3n) is 6.01. The van der Waals surface area contributed by atoms with Crippen LogP contribution >= 0.6 is 22.9 Å². The summed E-state index contributed by atoms with van der Waals surface area (Å²) in [7, 11) is 3.25. The topological polar surface area (TPSA) is 63.3 Å². The molecule has 0 saturated carbocycles. The molecule has 0 bridgehead atoms. The van der Waals surface area contributed by atoms with Crippen molar-refractivity contribution in [2.24, 2.45) is 0 Å². The van der Waals surface area contributed by atoms with Gasteiger partial charge in [-0.2, -0.15) is 0 Å². The minimum atomic E-state index is -0.196. The summed E-state index contributed by atoms with van der Waals surface area (Å²) in [6.07, 6.45) is 1.99. The van der Waals surface area contributed by atoms with E-state index < -0.39 is 0 Å². The average Bonchev–Trinajstić information content (AvgIpc) is 3.45. The Kier molecular flexibility index (Phi) is 6.18. The molecule has 1 atom stereocenters. The molecule has 0 saturated heterocycles. The average molecular weight is 491 g/mol. The van der Waals surface area contributed by atoms with Gasteiger partial charge in [-0.15, -0.1) is 11.3 Å². The highest BCUT2D eigenvalue weighted by atomic mass is 35.5. The molecule has 172 valence electrons. The number of H-pyrrole nitrogens is 1. The number of thiophene rings is 1. The molecule has 34 heavy (non-hydrogen) atoms. The van der Waals surface area contributed by atoms with Crippen LogP contribution < -0.4 is 14.8 Å². The van der Waals surface area contributed by atoms with Crippen molar-refractivity contribution in [3.63, 3.8) is 0 Å². The molecule has 5 nitrogen and oxygen atoms in total. The molecule has 2 aromatic heterocycles. The number of amides is 1.